The first kappa shape index (κ1) is 6.85. The van der Waals surface area contributed by atoms with E-state index in [1.807, 2.05) is 6.21 Å². The van der Waals surface area contributed by atoms with E-state index in [0.717, 1.165) is 18.7 Å². The highest BCUT2D eigenvalue weighted by molar-refractivity contribution is 5.59. The number of aliphatic imine (C=N–C) groups is 1. The number of ether oxygens (including phenoxy) is 1. The molecule has 0 amide bonds. The van der Waals surface area contributed by atoms with E-state index >= 15 is 0 Å². The summed E-state index contributed by atoms with van der Waals surface area (Å²) in [4.78, 5) is 4.20. The zero-order valence-corrected chi connectivity index (χ0v) is 6.36. The van der Waals surface area contributed by atoms with Crippen LogP contribution in [0.2, 0.25) is 0 Å². The molecule has 0 radical (unpaired) electrons. The summed E-state index contributed by atoms with van der Waals surface area (Å²) in [6.45, 7) is 1.39. The van der Waals surface area contributed by atoms with Gasteiger partial charge in [0.1, 0.15) is 11.9 Å². The van der Waals surface area contributed by atoms with Gasteiger partial charge >= 0.3 is 0 Å². The van der Waals surface area contributed by atoms with Crippen molar-refractivity contribution in [3.8, 4) is 0 Å². The van der Waals surface area contributed by atoms with Crippen LogP contribution in [-0.4, -0.2) is 25.4 Å². The Morgan fingerprint density at radius 3 is 3.36 bits per heavy atom. The fraction of sp³-hybridized carbons (Fsp3) is 0.625. The van der Waals surface area contributed by atoms with Crippen molar-refractivity contribution >= 4 is 6.21 Å². The molecule has 0 aromatic heterocycles. The second-order valence-corrected chi connectivity index (χ2v) is 2.94. The molecule has 0 spiro atoms. The third kappa shape index (κ3) is 1.16. The number of hydrogen-bond donors (Lipinski definition) is 1. The van der Waals surface area contributed by atoms with Crippen LogP contribution in [0.3, 0.4) is 0 Å². The Hall–Kier alpha value is -0.830. The smallest absolute Gasteiger partial charge is 0.111 e. The van der Waals surface area contributed by atoms with Crippen molar-refractivity contribution < 1.29 is 4.74 Å². The highest BCUT2D eigenvalue weighted by Gasteiger charge is 2.29. The van der Waals surface area contributed by atoms with Gasteiger partial charge in [0.25, 0.3) is 0 Å². The number of hydrogen-bond acceptors (Lipinski definition) is 3. The van der Waals surface area contributed by atoms with Gasteiger partial charge in [0, 0.05) is 25.1 Å². The average molecular weight is 152 g/mol. The fourth-order valence-electron chi connectivity index (χ4n) is 1.55. The lowest BCUT2D eigenvalue weighted by Crippen LogP contribution is -2.23. The molecule has 2 atom stereocenters. The van der Waals surface area contributed by atoms with Gasteiger partial charge < -0.3 is 10.5 Å². The molecule has 2 heterocycles. The molecule has 0 fully saturated rings. The summed E-state index contributed by atoms with van der Waals surface area (Å²) in [6, 6.07) is 0. The topological polar surface area (TPSA) is 47.6 Å². The molecule has 3 heteroatoms. The zero-order chi connectivity index (χ0) is 7.68. The Bertz CT molecular complexity index is 210. The maximum atomic E-state index is 5.56. The minimum absolute atomic E-state index is 0.325. The molecule has 2 unspecified atom stereocenters. The Morgan fingerprint density at radius 1 is 1.73 bits per heavy atom. The first-order valence-corrected chi connectivity index (χ1v) is 3.96. The van der Waals surface area contributed by atoms with Gasteiger partial charge in [0.05, 0.1) is 6.54 Å². The Labute approximate surface area is 65.9 Å². The van der Waals surface area contributed by atoms with E-state index in [1.165, 1.54) is 0 Å². The van der Waals surface area contributed by atoms with Gasteiger partial charge in [0.2, 0.25) is 0 Å². The van der Waals surface area contributed by atoms with Crippen LogP contribution in [0.5, 0.6) is 0 Å². The zero-order valence-electron chi connectivity index (χ0n) is 6.36. The van der Waals surface area contributed by atoms with Crippen molar-refractivity contribution in [2.75, 3.05) is 13.1 Å². The molecule has 2 N–H and O–H groups in total. The highest BCUT2D eigenvalue weighted by atomic mass is 16.5. The molecule has 0 aromatic carbocycles. The lowest BCUT2D eigenvalue weighted by Gasteiger charge is -2.19. The summed E-state index contributed by atoms with van der Waals surface area (Å²) in [5.41, 5.74) is 5.45. The van der Waals surface area contributed by atoms with Crippen LogP contribution >= 0.6 is 0 Å². The standard InChI is InChI=1S/C8H12N2O/c9-4-7-3-6-5-10-2-1-8(6)11-7/h2-3,6,8H,1,4-5,9H2. The Morgan fingerprint density at radius 2 is 2.64 bits per heavy atom. The van der Waals surface area contributed by atoms with E-state index in [9.17, 15) is 0 Å². The summed E-state index contributed by atoms with van der Waals surface area (Å²) >= 11 is 0. The van der Waals surface area contributed by atoms with Crippen LogP contribution in [0.1, 0.15) is 6.42 Å². The van der Waals surface area contributed by atoms with Crippen molar-refractivity contribution in [3.05, 3.63) is 11.8 Å². The molecule has 0 saturated heterocycles. The van der Waals surface area contributed by atoms with Gasteiger partial charge in [-0.2, -0.15) is 0 Å². The van der Waals surface area contributed by atoms with Gasteiger partial charge in [-0.3, -0.25) is 4.99 Å². The molecule has 3 nitrogen and oxygen atoms in total. The summed E-state index contributed by atoms with van der Waals surface area (Å²) in [7, 11) is 0. The van der Waals surface area contributed by atoms with Crippen molar-refractivity contribution in [1.29, 1.82) is 0 Å². The van der Waals surface area contributed by atoms with E-state index in [1.54, 1.807) is 0 Å². The quantitative estimate of drug-likeness (QED) is 0.588. The maximum Gasteiger partial charge on any atom is 0.111 e. The van der Waals surface area contributed by atoms with Gasteiger partial charge in [-0.15, -0.1) is 0 Å². The lowest BCUT2D eigenvalue weighted by atomic mass is 9.99. The SMILES string of the molecule is NCC1=CC2CN=CCC2O1. The van der Waals surface area contributed by atoms with Gasteiger partial charge in [-0.05, 0) is 6.08 Å². The third-order valence-electron chi connectivity index (χ3n) is 2.16. The largest absolute Gasteiger partial charge is 0.493 e. The van der Waals surface area contributed by atoms with Crippen molar-refractivity contribution in [3.63, 3.8) is 0 Å². The van der Waals surface area contributed by atoms with Crippen LogP contribution in [0.15, 0.2) is 16.8 Å². The number of fused-ring (bicyclic) bond motifs is 1. The Kier molecular flexibility index (Phi) is 1.66. The summed E-state index contributed by atoms with van der Waals surface area (Å²) in [5.74, 6) is 1.42. The molecule has 0 aliphatic carbocycles. The predicted molar refractivity (Wildman–Crippen MR) is 43.5 cm³/mol. The van der Waals surface area contributed by atoms with Gasteiger partial charge in [-0.1, -0.05) is 0 Å². The van der Waals surface area contributed by atoms with Crippen molar-refractivity contribution in [2.24, 2.45) is 16.6 Å². The lowest BCUT2D eigenvalue weighted by molar-refractivity contribution is 0.117. The van der Waals surface area contributed by atoms with Crippen molar-refractivity contribution in [2.45, 2.75) is 12.5 Å². The van der Waals surface area contributed by atoms with E-state index in [4.69, 9.17) is 10.5 Å². The van der Waals surface area contributed by atoms with E-state index in [-0.39, 0.29) is 0 Å². The number of nitrogens with two attached hydrogens (primary N) is 1. The molecule has 0 saturated carbocycles. The van der Waals surface area contributed by atoms with Crippen LogP contribution in [0.25, 0.3) is 0 Å². The first-order valence-electron chi connectivity index (χ1n) is 3.96. The summed E-state index contributed by atoms with van der Waals surface area (Å²) in [6.07, 6.45) is 5.31. The molecular weight excluding hydrogens is 140 g/mol. The molecule has 2 rings (SSSR count). The molecule has 60 valence electrons. The second-order valence-electron chi connectivity index (χ2n) is 2.94. The molecule has 0 aromatic rings. The van der Waals surface area contributed by atoms with E-state index in [2.05, 4.69) is 11.1 Å². The fourth-order valence-corrected chi connectivity index (χ4v) is 1.55. The third-order valence-corrected chi connectivity index (χ3v) is 2.16. The van der Waals surface area contributed by atoms with Gasteiger partial charge in [-0.25, -0.2) is 0 Å². The number of rotatable bonds is 1. The van der Waals surface area contributed by atoms with E-state index < -0.39 is 0 Å². The van der Waals surface area contributed by atoms with Crippen LogP contribution in [0.4, 0.5) is 0 Å². The Balaban J connectivity index is 2.08. The normalized spacial score (nSPS) is 34.5. The monoisotopic (exact) mass is 152 g/mol. The molecule has 0 bridgehead atoms. The van der Waals surface area contributed by atoms with E-state index in [0.29, 0.717) is 18.6 Å². The average Bonchev–Trinajstić information content (AvgIpc) is 2.46. The van der Waals surface area contributed by atoms with Crippen LogP contribution < -0.4 is 5.73 Å². The van der Waals surface area contributed by atoms with Crippen LogP contribution in [-0.2, 0) is 4.74 Å². The maximum absolute atomic E-state index is 5.56. The predicted octanol–water partition coefficient (Wildman–Crippen LogP) is 0.319. The first-order chi connectivity index (χ1) is 5.40. The van der Waals surface area contributed by atoms with Gasteiger partial charge in [0.15, 0.2) is 0 Å². The van der Waals surface area contributed by atoms with Crippen molar-refractivity contribution in [1.82, 2.24) is 0 Å². The molecule has 2 aliphatic heterocycles. The minimum Gasteiger partial charge on any atom is -0.493 e. The number of nitrogens with zero attached hydrogens (tertiary/aromatic N) is 1. The molecular formula is C8H12N2O. The second kappa shape index (κ2) is 2.66. The molecule has 11 heavy (non-hydrogen) atoms. The van der Waals surface area contributed by atoms with Crippen LogP contribution in [0, 0.1) is 5.92 Å². The highest BCUT2D eigenvalue weighted by Crippen LogP contribution is 2.26. The summed E-state index contributed by atoms with van der Waals surface area (Å²) in [5, 5.41) is 0. The minimum atomic E-state index is 0.325. The summed E-state index contributed by atoms with van der Waals surface area (Å²) < 4.78 is 5.56. The molecule has 2 aliphatic rings.